The first-order valence-corrected chi connectivity index (χ1v) is 9.54. The predicted molar refractivity (Wildman–Crippen MR) is 110 cm³/mol. The van der Waals surface area contributed by atoms with Crippen molar-refractivity contribution in [1.29, 1.82) is 0 Å². The smallest absolute Gasteiger partial charge is 0.184 e. The van der Waals surface area contributed by atoms with E-state index in [0.29, 0.717) is 18.3 Å². The number of hydrazone groups is 1. The first kappa shape index (κ1) is 18.8. The van der Waals surface area contributed by atoms with Crippen LogP contribution in [0.2, 0.25) is 0 Å². The van der Waals surface area contributed by atoms with Crippen LogP contribution in [-0.4, -0.2) is 41.4 Å². The Labute approximate surface area is 167 Å². The van der Waals surface area contributed by atoms with Gasteiger partial charge in [-0.05, 0) is 30.3 Å². The Balaban J connectivity index is 1.46. The zero-order valence-electron chi connectivity index (χ0n) is 15.2. The van der Waals surface area contributed by atoms with Crippen LogP contribution >= 0.6 is 12.2 Å². The molecule has 2 aromatic rings. The van der Waals surface area contributed by atoms with Gasteiger partial charge >= 0.3 is 0 Å². The summed E-state index contributed by atoms with van der Waals surface area (Å²) >= 11 is 4.62. The Morgan fingerprint density at radius 2 is 1.96 bits per heavy atom. The minimum atomic E-state index is -0.534. The van der Waals surface area contributed by atoms with Gasteiger partial charge in [0.05, 0.1) is 11.9 Å². The van der Waals surface area contributed by atoms with Gasteiger partial charge < -0.3 is 10.6 Å². The number of fused-ring (bicyclic) bond motifs is 2. The standard InChI is InChI=1S/C20H21F2N5S/c21-17-8-19(18(22)6-14(17)9-24-25-20(23)28)27-12-15-7-16(27)11-26(15)10-13-4-2-1-3-5-13/h1-6,8-9,15-16H,7,10-12H2,(H3,23,25,28)/b24-9+/t15-,16-/m0/s1. The third kappa shape index (κ3) is 3.83. The molecular weight excluding hydrogens is 380 g/mol. The van der Waals surface area contributed by atoms with Crippen molar-refractivity contribution in [2.45, 2.75) is 25.0 Å². The van der Waals surface area contributed by atoms with E-state index >= 15 is 0 Å². The zero-order valence-corrected chi connectivity index (χ0v) is 16.0. The maximum absolute atomic E-state index is 14.7. The summed E-state index contributed by atoms with van der Waals surface area (Å²) < 4.78 is 29.1. The molecule has 3 N–H and O–H groups in total. The Morgan fingerprint density at radius 3 is 2.64 bits per heavy atom. The van der Waals surface area contributed by atoms with Gasteiger partial charge in [0.1, 0.15) is 11.6 Å². The molecule has 4 rings (SSSR count). The van der Waals surface area contributed by atoms with Gasteiger partial charge in [0, 0.05) is 43.3 Å². The fourth-order valence-electron chi connectivity index (χ4n) is 4.09. The molecule has 0 radical (unpaired) electrons. The molecule has 0 aliphatic carbocycles. The summed E-state index contributed by atoms with van der Waals surface area (Å²) in [5.74, 6) is -0.992. The molecule has 0 amide bonds. The van der Waals surface area contributed by atoms with E-state index in [9.17, 15) is 8.78 Å². The third-order valence-electron chi connectivity index (χ3n) is 5.34. The molecule has 28 heavy (non-hydrogen) atoms. The second kappa shape index (κ2) is 7.81. The van der Waals surface area contributed by atoms with Gasteiger partial charge in [-0.1, -0.05) is 30.3 Å². The molecule has 2 aromatic carbocycles. The lowest BCUT2D eigenvalue weighted by atomic mass is 10.1. The van der Waals surface area contributed by atoms with Gasteiger partial charge in [-0.15, -0.1) is 0 Å². The van der Waals surface area contributed by atoms with Crippen LogP contribution in [0.25, 0.3) is 0 Å². The van der Waals surface area contributed by atoms with E-state index in [1.165, 1.54) is 17.8 Å². The van der Waals surface area contributed by atoms with Crippen molar-refractivity contribution in [3.8, 4) is 0 Å². The molecule has 5 nitrogen and oxygen atoms in total. The van der Waals surface area contributed by atoms with Crippen LogP contribution in [0, 0.1) is 11.6 Å². The quantitative estimate of drug-likeness (QED) is 0.458. The molecule has 0 saturated carbocycles. The summed E-state index contributed by atoms with van der Waals surface area (Å²) in [6.07, 6.45) is 2.13. The monoisotopic (exact) mass is 401 g/mol. The zero-order chi connectivity index (χ0) is 19.7. The number of benzene rings is 2. The molecule has 2 fully saturated rings. The Bertz CT molecular complexity index is 905. The lowest BCUT2D eigenvalue weighted by molar-refractivity contribution is 0.230. The molecule has 2 heterocycles. The van der Waals surface area contributed by atoms with Crippen LogP contribution in [0.3, 0.4) is 0 Å². The number of hydrogen-bond donors (Lipinski definition) is 2. The van der Waals surface area contributed by atoms with Crippen molar-refractivity contribution in [3.05, 3.63) is 65.2 Å². The van der Waals surface area contributed by atoms with Crippen molar-refractivity contribution in [2.24, 2.45) is 10.8 Å². The van der Waals surface area contributed by atoms with Gasteiger partial charge in [0.25, 0.3) is 0 Å². The van der Waals surface area contributed by atoms with Gasteiger partial charge in [-0.25, -0.2) is 8.78 Å². The average Bonchev–Trinajstić information content (AvgIpc) is 3.25. The van der Waals surface area contributed by atoms with E-state index in [4.69, 9.17) is 5.73 Å². The summed E-state index contributed by atoms with van der Waals surface area (Å²) in [7, 11) is 0. The number of hydrogen-bond acceptors (Lipinski definition) is 4. The molecule has 0 spiro atoms. The molecule has 0 aromatic heterocycles. The number of halogens is 2. The second-order valence-electron chi connectivity index (χ2n) is 7.17. The lowest BCUT2D eigenvalue weighted by Gasteiger charge is -2.35. The first-order chi connectivity index (χ1) is 13.5. The highest BCUT2D eigenvalue weighted by Gasteiger charge is 2.43. The molecule has 146 valence electrons. The highest BCUT2D eigenvalue weighted by molar-refractivity contribution is 7.80. The van der Waals surface area contributed by atoms with E-state index in [2.05, 4.69) is 39.8 Å². The molecule has 2 aliphatic heterocycles. The number of rotatable bonds is 5. The minimum absolute atomic E-state index is 0.0399. The van der Waals surface area contributed by atoms with E-state index in [1.54, 1.807) is 0 Å². The van der Waals surface area contributed by atoms with E-state index in [-0.39, 0.29) is 16.7 Å². The van der Waals surface area contributed by atoms with E-state index in [1.807, 2.05) is 23.1 Å². The Hall–Kier alpha value is -2.58. The second-order valence-corrected chi connectivity index (χ2v) is 7.61. The Morgan fingerprint density at radius 1 is 1.18 bits per heavy atom. The lowest BCUT2D eigenvalue weighted by Crippen LogP contribution is -2.46. The summed E-state index contributed by atoms with van der Waals surface area (Å²) in [4.78, 5) is 4.41. The van der Waals surface area contributed by atoms with Gasteiger partial charge in [0.2, 0.25) is 0 Å². The molecule has 2 aliphatic rings. The number of nitrogens with two attached hydrogens (primary N) is 1. The van der Waals surface area contributed by atoms with Crippen molar-refractivity contribution in [3.63, 3.8) is 0 Å². The largest absolute Gasteiger partial charge is 0.375 e. The fraction of sp³-hybridized carbons (Fsp3) is 0.300. The van der Waals surface area contributed by atoms with Crippen LogP contribution in [0.15, 0.2) is 47.6 Å². The summed E-state index contributed by atoms with van der Waals surface area (Å²) in [5, 5.41) is 3.65. The summed E-state index contributed by atoms with van der Waals surface area (Å²) in [6, 6.07) is 13.3. The summed E-state index contributed by atoms with van der Waals surface area (Å²) in [5.41, 5.74) is 9.21. The first-order valence-electron chi connectivity index (χ1n) is 9.13. The number of piperazine rings is 1. The van der Waals surface area contributed by atoms with Gasteiger partial charge in [-0.3, -0.25) is 10.3 Å². The number of nitrogens with zero attached hydrogens (tertiary/aromatic N) is 3. The molecular formula is C20H21F2N5S. The summed E-state index contributed by atoms with van der Waals surface area (Å²) in [6.45, 7) is 2.43. The highest BCUT2D eigenvalue weighted by atomic mass is 32.1. The highest BCUT2D eigenvalue weighted by Crippen LogP contribution is 2.37. The van der Waals surface area contributed by atoms with Crippen LogP contribution in [-0.2, 0) is 6.54 Å². The van der Waals surface area contributed by atoms with Crippen molar-refractivity contribution in [2.75, 3.05) is 18.0 Å². The van der Waals surface area contributed by atoms with Crippen molar-refractivity contribution in [1.82, 2.24) is 10.3 Å². The van der Waals surface area contributed by atoms with E-state index < -0.39 is 11.6 Å². The Kier molecular flexibility index (Phi) is 5.23. The maximum atomic E-state index is 14.7. The normalized spacial score (nSPS) is 21.6. The van der Waals surface area contributed by atoms with Gasteiger partial charge in [-0.2, -0.15) is 5.10 Å². The van der Waals surface area contributed by atoms with Gasteiger partial charge in [0.15, 0.2) is 5.11 Å². The number of nitrogens with one attached hydrogen (secondary N) is 1. The number of thiocarbonyl (C=S) groups is 1. The van der Waals surface area contributed by atoms with Crippen LogP contribution < -0.4 is 16.1 Å². The van der Waals surface area contributed by atoms with Crippen LogP contribution in [0.1, 0.15) is 17.5 Å². The topological polar surface area (TPSA) is 56.9 Å². The number of anilines is 1. The SMILES string of the molecule is NC(=S)N/N=C/c1cc(F)c(N2C[C@@H]3C[C@H]2CN3Cc2ccccc2)cc1F. The third-order valence-corrected chi connectivity index (χ3v) is 5.43. The minimum Gasteiger partial charge on any atom is -0.375 e. The molecule has 0 unspecified atom stereocenters. The van der Waals surface area contributed by atoms with Crippen LogP contribution in [0.4, 0.5) is 14.5 Å². The van der Waals surface area contributed by atoms with E-state index in [0.717, 1.165) is 25.6 Å². The molecule has 8 heteroatoms. The fourth-order valence-corrected chi connectivity index (χ4v) is 4.14. The molecule has 2 atom stereocenters. The van der Waals surface area contributed by atoms with Crippen molar-refractivity contribution < 1.29 is 8.78 Å². The van der Waals surface area contributed by atoms with Crippen molar-refractivity contribution >= 4 is 29.2 Å². The molecule has 2 bridgehead atoms. The maximum Gasteiger partial charge on any atom is 0.184 e. The average molecular weight is 401 g/mol. The van der Waals surface area contributed by atoms with Crippen LogP contribution in [0.5, 0.6) is 0 Å². The number of likely N-dealkylation sites (tertiary alicyclic amines) is 1. The predicted octanol–water partition coefficient (Wildman–Crippen LogP) is 2.60. The molecule has 2 saturated heterocycles.